The van der Waals surface area contributed by atoms with Crippen molar-refractivity contribution < 1.29 is 19.3 Å². The first kappa shape index (κ1) is 23.0. The number of aliphatic hydroxyl groups excluding tert-OH is 1. The van der Waals surface area contributed by atoms with Crippen LogP contribution in [0.3, 0.4) is 0 Å². The van der Waals surface area contributed by atoms with Gasteiger partial charge >= 0.3 is 0 Å². The molecule has 5 rings (SSSR count). The van der Waals surface area contributed by atoms with Gasteiger partial charge in [-0.15, -0.1) is 0 Å². The molecule has 0 spiro atoms. The molecule has 0 atom stereocenters. The molecule has 0 unspecified atom stereocenters. The van der Waals surface area contributed by atoms with Crippen molar-refractivity contribution in [1.29, 1.82) is 0 Å². The number of fused-ring (bicyclic) bond motifs is 1. The Bertz CT molecular complexity index is 1120. The van der Waals surface area contributed by atoms with Gasteiger partial charge in [-0.3, -0.25) is 0 Å². The molecule has 0 amide bonds. The number of nitrogens with zero attached hydrogens (tertiary/aromatic N) is 3. The van der Waals surface area contributed by atoms with E-state index in [-0.39, 0.29) is 6.61 Å². The normalized spacial score (nSPS) is 16.7. The first-order valence-corrected chi connectivity index (χ1v) is 12.3. The highest BCUT2D eigenvalue weighted by Crippen LogP contribution is 2.42. The number of anilines is 1. The molecule has 1 saturated carbocycles. The fourth-order valence-corrected chi connectivity index (χ4v) is 5.17. The van der Waals surface area contributed by atoms with Crippen molar-refractivity contribution in [3.63, 3.8) is 0 Å². The molecule has 0 radical (unpaired) electrons. The first-order valence-electron chi connectivity index (χ1n) is 12.3. The quantitative estimate of drug-likeness (QED) is 0.503. The van der Waals surface area contributed by atoms with E-state index in [1.54, 1.807) is 14.2 Å². The zero-order chi connectivity index (χ0) is 23.7. The predicted octanol–water partition coefficient (Wildman–Crippen LogP) is 4.46. The van der Waals surface area contributed by atoms with Gasteiger partial charge in [0.2, 0.25) is 0 Å². The van der Waals surface area contributed by atoms with Gasteiger partial charge in [0.15, 0.2) is 0 Å². The molecule has 1 saturated heterocycles. The Morgan fingerprint density at radius 3 is 2.26 bits per heavy atom. The molecule has 7 heteroatoms. The lowest BCUT2D eigenvalue weighted by Crippen LogP contribution is -2.34. The van der Waals surface area contributed by atoms with Crippen LogP contribution in [0.25, 0.3) is 16.8 Å². The number of benzene rings is 1. The molecule has 34 heavy (non-hydrogen) atoms. The highest BCUT2D eigenvalue weighted by molar-refractivity contribution is 5.82. The Kier molecular flexibility index (Phi) is 6.66. The van der Waals surface area contributed by atoms with E-state index in [4.69, 9.17) is 19.3 Å². The molecule has 2 aromatic heterocycles. The van der Waals surface area contributed by atoms with Crippen molar-refractivity contribution in [3.05, 3.63) is 41.6 Å². The van der Waals surface area contributed by atoms with Crippen LogP contribution in [-0.4, -0.2) is 55.2 Å². The average Bonchev–Trinajstić information content (AvgIpc) is 3.62. The number of hydrogen-bond donors (Lipinski definition) is 1. The molecule has 1 aliphatic carbocycles. The molecule has 1 aliphatic heterocycles. The molecule has 0 bridgehead atoms. The Balaban J connectivity index is 1.61. The van der Waals surface area contributed by atoms with Gasteiger partial charge in [-0.05, 0) is 74.3 Å². The van der Waals surface area contributed by atoms with Crippen LogP contribution in [0.5, 0.6) is 11.5 Å². The summed E-state index contributed by atoms with van der Waals surface area (Å²) in [6.45, 7) is 5.89. The average molecular weight is 466 g/mol. The second kappa shape index (κ2) is 9.84. The second-order valence-electron chi connectivity index (χ2n) is 9.58. The van der Waals surface area contributed by atoms with E-state index in [0.29, 0.717) is 17.4 Å². The van der Waals surface area contributed by atoms with Crippen LogP contribution >= 0.6 is 0 Å². The van der Waals surface area contributed by atoms with Gasteiger partial charge < -0.3 is 24.2 Å². The monoisotopic (exact) mass is 465 g/mol. The Labute approximate surface area is 201 Å². The summed E-state index contributed by atoms with van der Waals surface area (Å²) < 4.78 is 19.1. The van der Waals surface area contributed by atoms with Crippen molar-refractivity contribution in [2.24, 2.45) is 11.8 Å². The van der Waals surface area contributed by atoms with E-state index in [9.17, 15) is 5.11 Å². The van der Waals surface area contributed by atoms with Crippen molar-refractivity contribution in [1.82, 2.24) is 9.61 Å². The lowest BCUT2D eigenvalue weighted by atomic mass is 9.99. The van der Waals surface area contributed by atoms with Crippen molar-refractivity contribution >= 4 is 11.2 Å². The van der Waals surface area contributed by atoms with Gasteiger partial charge in [0.1, 0.15) is 11.5 Å². The molecule has 1 aromatic carbocycles. The van der Waals surface area contributed by atoms with Crippen LogP contribution in [-0.2, 0) is 11.3 Å². The number of rotatable bonds is 9. The van der Waals surface area contributed by atoms with Gasteiger partial charge in [-0.25, -0.2) is 4.52 Å². The number of aromatic nitrogens is 2. The van der Waals surface area contributed by atoms with Crippen LogP contribution in [0.2, 0.25) is 0 Å². The first-order chi connectivity index (χ1) is 16.6. The topological polar surface area (TPSA) is 68.5 Å². The van der Waals surface area contributed by atoms with E-state index in [1.165, 1.54) is 18.5 Å². The van der Waals surface area contributed by atoms with Crippen LogP contribution in [0.15, 0.2) is 30.3 Å². The summed E-state index contributed by atoms with van der Waals surface area (Å²) in [5, 5.41) is 14.7. The zero-order valence-corrected chi connectivity index (χ0v) is 20.4. The fourth-order valence-electron chi connectivity index (χ4n) is 5.17. The molecular formula is C27H35N3O4. The minimum atomic E-state index is -0.0788. The molecule has 7 nitrogen and oxygen atoms in total. The molecule has 2 fully saturated rings. The highest BCUT2D eigenvalue weighted by atomic mass is 16.5. The number of hydrogen-bond acceptors (Lipinski definition) is 6. The number of pyridine rings is 1. The Hall–Kier alpha value is -2.77. The lowest BCUT2D eigenvalue weighted by Gasteiger charge is -2.31. The summed E-state index contributed by atoms with van der Waals surface area (Å²) in [6, 6.07) is 10.0. The third kappa shape index (κ3) is 4.46. The maximum atomic E-state index is 9.68. The van der Waals surface area contributed by atoms with Crippen LogP contribution in [0.4, 0.5) is 5.69 Å². The maximum absolute atomic E-state index is 9.68. The SMILES string of the molecule is COc1cc(CO)cc(OC)c1-c1cccc2c(N(CC3CCOCC3)CC3CC3)c(C)nn12. The van der Waals surface area contributed by atoms with Gasteiger partial charge in [-0.2, -0.15) is 5.10 Å². The van der Waals surface area contributed by atoms with E-state index in [2.05, 4.69) is 24.0 Å². The van der Waals surface area contributed by atoms with Gasteiger partial charge in [0.05, 0.1) is 49.0 Å². The number of methoxy groups -OCH3 is 2. The highest BCUT2D eigenvalue weighted by Gasteiger charge is 2.30. The summed E-state index contributed by atoms with van der Waals surface area (Å²) in [6.07, 6.45) is 4.88. The van der Waals surface area contributed by atoms with Crippen molar-refractivity contribution in [2.45, 2.75) is 39.2 Å². The molecule has 3 aromatic rings. The summed E-state index contributed by atoms with van der Waals surface area (Å²) >= 11 is 0. The fraction of sp³-hybridized carbons (Fsp3) is 0.519. The lowest BCUT2D eigenvalue weighted by molar-refractivity contribution is 0.0682. The summed E-state index contributed by atoms with van der Waals surface area (Å²) in [7, 11) is 3.29. The predicted molar refractivity (Wildman–Crippen MR) is 133 cm³/mol. The minimum Gasteiger partial charge on any atom is -0.496 e. The molecular weight excluding hydrogens is 430 g/mol. The number of aryl methyl sites for hydroxylation is 1. The maximum Gasteiger partial charge on any atom is 0.132 e. The van der Waals surface area contributed by atoms with Gasteiger partial charge in [0, 0.05) is 26.3 Å². The summed E-state index contributed by atoms with van der Waals surface area (Å²) in [5.74, 6) is 2.74. The molecule has 1 N–H and O–H groups in total. The summed E-state index contributed by atoms with van der Waals surface area (Å²) in [5.41, 5.74) is 5.84. The van der Waals surface area contributed by atoms with Crippen LogP contribution < -0.4 is 14.4 Å². The smallest absolute Gasteiger partial charge is 0.132 e. The molecule has 2 aliphatic rings. The van der Waals surface area contributed by atoms with E-state index < -0.39 is 0 Å². The van der Waals surface area contributed by atoms with Gasteiger partial charge in [-0.1, -0.05) is 6.07 Å². The molecule has 182 valence electrons. The second-order valence-corrected chi connectivity index (χ2v) is 9.58. The number of aliphatic hydroxyl groups is 1. The largest absolute Gasteiger partial charge is 0.496 e. The van der Waals surface area contributed by atoms with E-state index in [1.807, 2.05) is 22.7 Å². The van der Waals surface area contributed by atoms with Crippen LogP contribution in [0.1, 0.15) is 36.9 Å². The Morgan fingerprint density at radius 1 is 1.03 bits per heavy atom. The van der Waals surface area contributed by atoms with Crippen LogP contribution in [0, 0.1) is 18.8 Å². The van der Waals surface area contributed by atoms with Gasteiger partial charge in [0.25, 0.3) is 0 Å². The minimum absolute atomic E-state index is 0.0788. The van der Waals surface area contributed by atoms with Crippen molar-refractivity contribution in [2.75, 3.05) is 45.4 Å². The van der Waals surface area contributed by atoms with E-state index in [0.717, 1.165) is 73.1 Å². The third-order valence-electron chi connectivity index (χ3n) is 7.12. The molecule has 3 heterocycles. The Morgan fingerprint density at radius 2 is 1.68 bits per heavy atom. The summed E-state index contributed by atoms with van der Waals surface area (Å²) in [4.78, 5) is 2.58. The zero-order valence-electron chi connectivity index (χ0n) is 20.4. The van der Waals surface area contributed by atoms with E-state index >= 15 is 0 Å². The van der Waals surface area contributed by atoms with Crippen molar-refractivity contribution in [3.8, 4) is 22.8 Å². The number of ether oxygens (including phenoxy) is 3. The standard InChI is InChI=1S/C27H35N3O4/c1-18-27(29(15-19-7-8-19)16-20-9-11-34-12-10-20)23-6-4-5-22(30(23)28-18)26-24(32-2)13-21(17-31)14-25(26)33-3/h4-6,13-14,19-20,31H,7-12,15-17H2,1-3H3. The third-order valence-corrected chi connectivity index (χ3v) is 7.12.